The molecule has 0 aromatic carbocycles. The summed E-state index contributed by atoms with van der Waals surface area (Å²) in [6.45, 7) is 0.902. The maximum Gasteiger partial charge on any atom is 0.0734 e. The zero-order chi connectivity index (χ0) is 14.1. The highest BCUT2D eigenvalue weighted by Gasteiger charge is 2.60. The van der Waals surface area contributed by atoms with Crippen LogP contribution >= 0.6 is 0 Å². The van der Waals surface area contributed by atoms with E-state index in [0.29, 0.717) is 17.8 Å². The fourth-order valence-corrected chi connectivity index (χ4v) is 7.40. The van der Waals surface area contributed by atoms with Crippen LogP contribution in [0.3, 0.4) is 0 Å². The third kappa shape index (κ3) is 1.84. The molecule has 0 aromatic heterocycles. The van der Waals surface area contributed by atoms with Crippen LogP contribution in [0.15, 0.2) is 0 Å². The maximum atomic E-state index is 11.8. The number of hydrogen-bond donors (Lipinski definition) is 1. The summed E-state index contributed by atoms with van der Waals surface area (Å²) in [5.74, 6) is 3.67. The first-order valence-electron chi connectivity index (χ1n) is 9.54. The van der Waals surface area contributed by atoms with Gasteiger partial charge < -0.3 is 9.84 Å². The van der Waals surface area contributed by atoms with Crippen LogP contribution in [0.1, 0.15) is 70.6 Å². The van der Waals surface area contributed by atoms with E-state index in [-0.39, 0.29) is 11.2 Å². The van der Waals surface area contributed by atoms with Gasteiger partial charge in [-0.1, -0.05) is 12.8 Å². The predicted octanol–water partition coefficient (Wildman–Crippen LogP) is 3.91. The molecular weight excluding hydrogens is 260 g/mol. The molecule has 1 atom stereocenters. The molecule has 1 spiro atoms. The molecule has 6 rings (SSSR count). The van der Waals surface area contributed by atoms with Crippen LogP contribution in [-0.2, 0) is 4.74 Å². The van der Waals surface area contributed by atoms with Crippen LogP contribution in [0.25, 0.3) is 0 Å². The molecule has 2 heteroatoms. The first kappa shape index (κ1) is 13.4. The Kier molecular flexibility index (Phi) is 2.85. The summed E-state index contributed by atoms with van der Waals surface area (Å²) in [5.41, 5.74) is -0.167. The van der Waals surface area contributed by atoms with E-state index in [1.165, 1.54) is 57.8 Å². The second-order valence-corrected chi connectivity index (χ2v) is 9.12. The maximum absolute atomic E-state index is 11.8. The van der Waals surface area contributed by atoms with Gasteiger partial charge in [0.2, 0.25) is 0 Å². The van der Waals surface area contributed by atoms with Gasteiger partial charge in [0.25, 0.3) is 0 Å². The normalized spacial score (nSPS) is 54.4. The van der Waals surface area contributed by atoms with Crippen molar-refractivity contribution in [2.45, 2.75) is 81.8 Å². The number of rotatable bonds is 1. The van der Waals surface area contributed by atoms with Crippen molar-refractivity contribution in [2.24, 2.45) is 29.6 Å². The van der Waals surface area contributed by atoms with Gasteiger partial charge in [-0.25, -0.2) is 0 Å². The minimum Gasteiger partial charge on any atom is -0.389 e. The van der Waals surface area contributed by atoms with Gasteiger partial charge in [-0.2, -0.15) is 0 Å². The molecule has 5 saturated carbocycles. The van der Waals surface area contributed by atoms with Crippen molar-refractivity contribution in [3.8, 4) is 0 Å². The Morgan fingerprint density at radius 1 is 0.810 bits per heavy atom. The molecule has 4 bridgehead atoms. The van der Waals surface area contributed by atoms with Gasteiger partial charge in [0.15, 0.2) is 0 Å². The lowest BCUT2D eigenvalue weighted by atomic mass is 9.46. The minimum atomic E-state index is -0.327. The number of ether oxygens (including phenoxy) is 1. The van der Waals surface area contributed by atoms with Gasteiger partial charge >= 0.3 is 0 Å². The van der Waals surface area contributed by atoms with E-state index in [0.717, 1.165) is 31.3 Å². The lowest BCUT2D eigenvalue weighted by molar-refractivity contribution is -0.230. The fraction of sp³-hybridized carbons (Fsp3) is 1.00. The summed E-state index contributed by atoms with van der Waals surface area (Å²) >= 11 is 0. The lowest BCUT2D eigenvalue weighted by Crippen LogP contribution is -2.63. The largest absolute Gasteiger partial charge is 0.389 e. The molecule has 6 fully saturated rings. The Bertz CT molecular complexity index is 395. The molecule has 0 radical (unpaired) electrons. The van der Waals surface area contributed by atoms with Gasteiger partial charge in [0.05, 0.1) is 11.2 Å². The fourth-order valence-electron chi connectivity index (χ4n) is 7.40. The molecule has 6 aliphatic rings. The SMILES string of the molecule is OC1(C2CCOC3(CCCC3)C2)C2CC3CC(C2)CC1C3. The van der Waals surface area contributed by atoms with Crippen molar-refractivity contribution >= 4 is 0 Å². The quantitative estimate of drug-likeness (QED) is 0.793. The highest BCUT2D eigenvalue weighted by Crippen LogP contribution is 2.62. The van der Waals surface area contributed by atoms with Crippen molar-refractivity contribution < 1.29 is 9.84 Å². The van der Waals surface area contributed by atoms with Gasteiger partial charge in [-0.3, -0.25) is 0 Å². The molecule has 5 aliphatic carbocycles. The Morgan fingerprint density at radius 3 is 2.05 bits per heavy atom. The van der Waals surface area contributed by atoms with Gasteiger partial charge in [-0.05, 0) is 87.4 Å². The summed E-state index contributed by atoms with van der Waals surface area (Å²) in [5, 5.41) is 11.8. The van der Waals surface area contributed by atoms with E-state index in [9.17, 15) is 5.11 Å². The van der Waals surface area contributed by atoms with Crippen molar-refractivity contribution in [3.63, 3.8) is 0 Å². The standard InChI is InChI=1S/C19H30O2/c20-19(15-3-6-21-18(12-15)4-1-2-5-18)16-8-13-7-14(10-16)11-17(19)9-13/h13-17,20H,1-12H2. The molecule has 0 aromatic rings. The molecule has 1 heterocycles. The Hall–Kier alpha value is -0.0800. The van der Waals surface area contributed by atoms with Crippen LogP contribution in [0.4, 0.5) is 0 Å². The summed E-state index contributed by atoms with van der Waals surface area (Å²) in [7, 11) is 0. The van der Waals surface area contributed by atoms with Gasteiger partial charge in [0.1, 0.15) is 0 Å². The van der Waals surface area contributed by atoms with Crippen LogP contribution in [0, 0.1) is 29.6 Å². The van der Waals surface area contributed by atoms with Crippen LogP contribution < -0.4 is 0 Å². The van der Waals surface area contributed by atoms with E-state index in [1.54, 1.807) is 0 Å². The summed E-state index contributed by atoms with van der Waals surface area (Å²) < 4.78 is 6.23. The number of aliphatic hydroxyl groups is 1. The average Bonchev–Trinajstić information content (AvgIpc) is 2.91. The second kappa shape index (κ2) is 4.47. The van der Waals surface area contributed by atoms with Gasteiger partial charge in [-0.15, -0.1) is 0 Å². The lowest BCUT2D eigenvalue weighted by Gasteiger charge is -2.62. The average molecular weight is 290 g/mol. The molecule has 1 saturated heterocycles. The molecule has 0 amide bonds. The molecule has 118 valence electrons. The van der Waals surface area contributed by atoms with Crippen molar-refractivity contribution in [2.75, 3.05) is 6.61 Å². The zero-order valence-electron chi connectivity index (χ0n) is 13.2. The Balaban J connectivity index is 1.43. The van der Waals surface area contributed by atoms with Crippen LogP contribution in [0.2, 0.25) is 0 Å². The summed E-state index contributed by atoms with van der Waals surface area (Å²) in [4.78, 5) is 0. The number of hydrogen-bond acceptors (Lipinski definition) is 2. The molecule has 2 nitrogen and oxygen atoms in total. The summed E-state index contributed by atoms with van der Waals surface area (Å²) in [6, 6.07) is 0. The van der Waals surface area contributed by atoms with E-state index >= 15 is 0 Å². The van der Waals surface area contributed by atoms with Crippen LogP contribution in [0.5, 0.6) is 0 Å². The monoisotopic (exact) mass is 290 g/mol. The molecule has 1 unspecified atom stereocenters. The summed E-state index contributed by atoms with van der Waals surface area (Å²) in [6.07, 6.45) is 14.2. The van der Waals surface area contributed by atoms with E-state index in [2.05, 4.69) is 0 Å². The van der Waals surface area contributed by atoms with E-state index < -0.39 is 0 Å². The Morgan fingerprint density at radius 2 is 1.43 bits per heavy atom. The molecule has 1 N–H and O–H groups in total. The second-order valence-electron chi connectivity index (χ2n) is 9.12. The Labute approximate surface area is 128 Å². The minimum absolute atomic E-state index is 0.160. The first-order chi connectivity index (χ1) is 10.2. The molecule has 1 aliphatic heterocycles. The van der Waals surface area contributed by atoms with E-state index in [4.69, 9.17) is 4.74 Å². The molecule has 21 heavy (non-hydrogen) atoms. The van der Waals surface area contributed by atoms with Crippen molar-refractivity contribution in [1.82, 2.24) is 0 Å². The zero-order valence-corrected chi connectivity index (χ0v) is 13.2. The van der Waals surface area contributed by atoms with Crippen molar-refractivity contribution in [1.29, 1.82) is 0 Å². The van der Waals surface area contributed by atoms with Gasteiger partial charge in [0, 0.05) is 6.61 Å². The molecular formula is C19H30O2. The van der Waals surface area contributed by atoms with E-state index in [1.807, 2.05) is 0 Å². The smallest absolute Gasteiger partial charge is 0.0734 e. The topological polar surface area (TPSA) is 29.5 Å². The van der Waals surface area contributed by atoms with Crippen molar-refractivity contribution in [3.05, 3.63) is 0 Å². The third-order valence-electron chi connectivity index (χ3n) is 8.11. The highest BCUT2D eigenvalue weighted by molar-refractivity contribution is 5.11. The predicted molar refractivity (Wildman–Crippen MR) is 81.9 cm³/mol. The third-order valence-corrected chi connectivity index (χ3v) is 8.11. The highest BCUT2D eigenvalue weighted by atomic mass is 16.5. The first-order valence-corrected chi connectivity index (χ1v) is 9.54. The van der Waals surface area contributed by atoms with Crippen LogP contribution in [-0.4, -0.2) is 22.9 Å².